The Bertz CT molecular complexity index is 857. The number of urea groups is 2. The van der Waals surface area contributed by atoms with Crippen molar-refractivity contribution in [1.29, 1.82) is 5.26 Å². The number of benzene rings is 2. The first-order chi connectivity index (χ1) is 12.5. The number of amides is 4. The molecule has 0 spiro atoms. The predicted octanol–water partition coefficient (Wildman–Crippen LogP) is 2.95. The minimum Gasteiger partial charge on any atom is -0.506 e. The van der Waals surface area contributed by atoms with Crippen molar-refractivity contribution in [2.24, 2.45) is 11.5 Å². The van der Waals surface area contributed by atoms with Crippen LogP contribution in [0.3, 0.4) is 0 Å². The molecule has 4 amide bonds. The lowest BCUT2D eigenvalue weighted by Crippen LogP contribution is -2.19. The predicted molar refractivity (Wildman–Crippen MR) is 90.7 cm³/mol. The van der Waals surface area contributed by atoms with E-state index >= 15 is 0 Å². The maximum Gasteiger partial charge on any atom is 0.416 e. The second-order valence-electron chi connectivity index (χ2n) is 4.90. The van der Waals surface area contributed by atoms with Gasteiger partial charge in [0.05, 0.1) is 22.9 Å². The molecule has 2 rings (SSSR count). The molecule has 0 fully saturated rings. The Kier molecular flexibility index (Phi) is 7.00. The molecule has 0 bridgehead atoms. The van der Waals surface area contributed by atoms with Crippen LogP contribution in [0.2, 0.25) is 0 Å². The van der Waals surface area contributed by atoms with Gasteiger partial charge in [0, 0.05) is 5.69 Å². The van der Waals surface area contributed by atoms with E-state index in [4.69, 9.17) is 10.1 Å². The Balaban J connectivity index is 0.000000828. The average Bonchev–Trinajstić information content (AvgIpc) is 2.56. The molecule has 0 radical (unpaired) electrons. The minimum atomic E-state index is -4.45. The van der Waals surface area contributed by atoms with Gasteiger partial charge >= 0.3 is 18.2 Å². The molecule has 0 aliphatic carbocycles. The lowest BCUT2D eigenvalue weighted by Gasteiger charge is -2.10. The van der Waals surface area contributed by atoms with Gasteiger partial charge in [-0.1, -0.05) is 0 Å². The summed E-state index contributed by atoms with van der Waals surface area (Å²) in [5.41, 5.74) is 8.11. The summed E-state index contributed by atoms with van der Waals surface area (Å²) < 4.78 is 37.3. The number of primary amides is 2. The van der Waals surface area contributed by atoms with E-state index in [1.807, 2.05) is 6.07 Å². The van der Waals surface area contributed by atoms with E-state index in [1.165, 1.54) is 18.2 Å². The van der Waals surface area contributed by atoms with E-state index in [0.29, 0.717) is 0 Å². The summed E-state index contributed by atoms with van der Waals surface area (Å²) in [5, 5.41) is 23.0. The molecule has 0 saturated carbocycles. The van der Waals surface area contributed by atoms with E-state index in [1.54, 1.807) is 0 Å². The van der Waals surface area contributed by atoms with Crippen LogP contribution >= 0.6 is 0 Å². The van der Waals surface area contributed by atoms with Crippen LogP contribution in [-0.4, -0.2) is 17.2 Å². The topological polar surface area (TPSA) is 154 Å². The van der Waals surface area contributed by atoms with Gasteiger partial charge in [0.15, 0.2) is 0 Å². The molecule has 11 heteroatoms. The first-order valence-electron chi connectivity index (χ1n) is 7.06. The second kappa shape index (κ2) is 8.95. The molecule has 0 aromatic heterocycles. The normalized spacial score (nSPS) is 10.0. The maximum absolute atomic E-state index is 12.4. The molecule has 0 unspecified atom stereocenters. The Morgan fingerprint density at radius 1 is 1.04 bits per heavy atom. The third-order valence-corrected chi connectivity index (χ3v) is 2.85. The zero-order valence-corrected chi connectivity index (χ0v) is 13.5. The molecule has 0 aliphatic rings. The monoisotopic (exact) mass is 381 g/mol. The molecular weight excluding hydrogens is 367 g/mol. The van der Waals surface area contributed by atoms with E-state index in [0.717, 1.165) is 24.3 Å². The van der Waals surface area contributed by atoms with Gasteiger partial charge in [-0.2, -0.15) is 18.4 Å². The summed E-state index contributed by atoms with van der Waals surface area (Å²) in [6.07, 6.45) is -4.45. The Labute approximate surface area is 151 Å². The number of anilines is 2. The highest BCUT2D eigenvalue weighted by atomic mass is 19.4. The number of hydrogen-bond acceptors (Lipinski definition) is 4. The van der Waals surface area contributed by atoms with Crippen molar-refractivity contribution in [2.75, 3.05) is 10.6 Å². The van der Waals surface area contributed by atoms with Crippen LogP contribution in [0.1, 0.15) is 11.1 Å². The van der Waals surface area contributed by atoms with Crippen molar-refractivity contribution >= 4 is 23.4 Å². The van der Waals surface area contributed by atoms with Crippen LogP contribution in [-0.2, 0) is 6.18 Å². The van der Waals surface area contributed by atoms with Crippen molar-refractivity contribution in [3.05, 3.63) is 53.6 Å². The minimum absolute atomic E-state index is 0.0633. The summed E-state index contributed by atoms with van der Waals surface area (Å²) in [7, 11) is 0. The number of halogens is 3. The number of alkyl halides is 3. The molecule has 8 nitrogen and oxygen atoms in total. The first kappa shape index (κ1) is 21.1. The largest absolute Gasteiger partial charge is 0.506 e. The number of phenols is 1. The summed E-state index contributed by atoms with van der Waals surface area (Å²) in [6.45, 7) is 0. The van der Waals surface area contributed by atoms with Gasteiger partial charge in [-0.15, -0.1) is 0 Å². The number of nitrogens with zero attached hydrogens (tertiary/aromatic N) is 1. The van der Waals surface area contributed by atoms with Crippen molar-refractivity contribution < 1.29 is 27.9 Å². The van der Waals surface area contributed by atoms with Crippen LogP contribution < -0.4 is 22.1 Å². The standard InChI is InChI=1S/C15H10F3N3O2.CH4N2O/c16-15(17,18)10-2-4-11(5-3-10)20-14(23)21-12-6-1-9(8-19)7-13(12)22;2-1(3)4/h1-7,22H,(H2,20,21,23);(H4,2,3,4). The first-order valence-corrected chi connectivity index (χ1v) is 7.06. The maximum atomic E-state index is 12.4. The lowest BCUT2D eigenvalue weighted by molar-refractivity contribution is -0.137. The third-order valence-electron chi connectivity index (χ3n) is 2.85. The van der Waals surface area contributed by atoms with Gasteiger partial charge in [-0.3, -0.25) is 0 Å². The summed E-state index contributed by atoms with van der Waals surface area (Å²) >= 11 is 0. The molecule has 2 aromatic carbocycles. The lowest BCUT2D eigenvalue weighted by atomic mass is 10.2. The average molecular weight is 381 g/mol. The number of rotatable bonds is 2. The highest BCUT2D eigenvalue weighted by molar-refractivity contribution is 6.00. The van der Waals surface area contributed by atoms with Crippen molar-refractivity contribution in [3.8, 4) is 11.8 Å². The summed E-state index contributed by atoms with van der Waals surface area (Å²) in [6, 6.07) is 8.06. The molecule has 0 atom stereocenters. The fraction of sp³-hybridized carbons (Fsp3) is 0.0625. The molecule has 2 aromatic rings. The van der Waals surface area contributed by atoms with Gasteiger partial charge in [0.2, 0.25) is 0 Å². The molecule has 0 aliphatic heterocycles. The zero-order valence-electron chi connectivity index (χ0n) is 13.5. The molecule has 0 saturated heterocycles. The van der Waals surface area contributed by atoms with Crippen LogP contribution in [0.15, 0.2) is 42.5 Å². The van der Waals surface area contributed by atoms with E-state index in [9.17, 15) is 23.1 Å². The fourth-order valence-electron chi connectivity index (χ4n) is 1.73. The smallest absolute Gasteiger partial charge is 0.416 e. The number of carbonyl (C=O) groups is 2. The Morgan fingerprint density at radius 2 is 1.59 bits per heavy atom. The highest BCUT2D eigenvalue weighted by Gasteiger charge is 2.29. The van der Waals surface area contributed by atoms with Crippen LogP contribution in [0, 0.1) is 11.3 Å². The molecule has 7 N–H and O–H groups in total. The third kappa shape index (κ3) is 7.22. The number of phenolic OH excluding ortho intramolecular Hbond substituents is 1. The number of nitriles is 1. The summed E-state index contributed by atoms with van der Waals surface area (Å²) in [5.74, 6) is -0.299. The highest BCUT2D eigenvalue weighted by Crippen LogP contribution is 2.30. The van der Waals surface area contributed by atoms with Gasteiger partial charge in [0.25, 0.3) is 0 Å². The molecule has 0 heterocycles. The molecule has 27 heavy (non-hydrogen) atoms. The molecule has 142 valence electrons. The van der Waals surface area contributed by atoms with E-state index in [2.05, 4.69) is 22.1 Å². The van der Waals surface area contributed by atoms with Crippen molar-refractivity contribution in [2.45, 2.75) is 6.18 Å². The van der Waals surface area contributed by atoms with Crippen molar-refractivity contribution in [3.63, 3.8) is 0 Å². The van der Waals surface area contributed by atoms with Gasteiger partial charge in [-0.25, -0.2) is 9.59 Å². The Morgan fingerprint density at radius 3 is 2.04 bits per heavy atom. The van der Waals surface area contributed by atoms with Crippen molar-refractivity contribution in [1.82, 2.24) is 0 Å². The SMILES string of the molecule is N#Cc1ccc(NC(=O)Nc2ccc(C(F)(F)F)cc2)c(O)c1.NC(N)=O. The quantitative estimate of drug-likeness (QED) is 0.507. The summed E-state index contributed by atoms with van der Waals surface area (Å²) in [4.78, 5) is 20.7. The van der Waals surface area contributed by atoms with Crippen LogP contribution in [0.5, 0.6) is 5.75 Å². The van der Waals surface area contributed by atoms with Gasteiger partial charge in [-0.05, 0) is 42.5 Å². The van der Waals surface area contributed by atoms with E-state index in [-0.39, 0.29) is 22.7 Å². The Hall–Kier alpha value is -3.94. The van der Waals surface area contributed by atoms with Gasteiger partial charge in [0.1, 0.15) is 5.75 Å². The van der Waals surface area contributed by atoms with E-state index < -0.39 is 23.8 Å². The second-order valence-corrected chi connectivity index (χ2v) is 4.90. The van der Waals surface area contributed by atoms with Gasteiger partial charge < -0.3 is 27.2 Å². The zero-order chi connectivity index (χ0) is 20.6. The number of nitrogens with two attached hydrogens (primary N) is 2. The fourth-order valence-corrected chi connectivity index (χ4v) is 1.73. The van der Waals surface area contributed by atoms with Crippen LogP contribution in [0.25, 0.3) is 0 Å². The molecular formula is C16H14F3N5O3. The number of hydrogen-bond donors (Lipinski definition) is 5. The van der Waals surface area contributed by atoms with Crippen LogP contribution in [0.4, 0.5) is 34.1 Å². The number of carbonyl (C=O) groups excluding carboxylic acids is 2. The number of aromatic hydroxyl groups is 1. The number of nitrogens with one attached hydrogen (secondary N) is 2.